The fourth-order valence-electron chi connectivity index (χ4n) is 3.68. The molecule has 1 saturated heterocycles. The van der Waals surface area contributed by atoms with Crippen LogP contribution in [0.3, 0.4) is 0 Å². The molecule has 0 saturated carbocycles. The van der Waals surface area contributed by atoms with Crippen molar-refractivity contribution in [3.63, 3.8) is 0 Å². The van der Waals surface area contributed by atoms with E-state index in [0.29, 0.717) is 32.6 Å². The average molecular weight is 474 g/mol. The number of amides is 2. The van der Waals surface area contributed by atoms with E-state index in [9.17, 15) is 22.4 Å². The summed E-state index contributed by atoms with van der Waals surface area (Å²) in [6.45, 7) is 4.85. The molecule has 9 heteroatoms. The van der Waals surface area contributed by atoms with Gasteiger partial charge >= 0.3 is 0 Å². The molecule has 1 fully saturated rings. The molecule has 7 nitrogen and oxygen atoms in total. The number of hydrogen-bond acceptors (Lipinski definition) is 4. The molecule has 0 spiro atoms. The topological polar surface area (TPSA) is 86.8 Å². The molecule has 1 heterocycles. The van der Waals surface area contributed by atoms with Crippen LogP contribution < -0.4 is 4.72 Å². The van der Waals surface area contributed by atoms with Gasteiger partial charge in [-0.2, -0.15) is 0 Å². The molecule has 3 rings (SSSR count). The number of nitrogens with zero attached hydrogens (tertiary/aromatic N) is 2. The molecule has 0 radical (unpaired) electrons. The predicted molar refractivity (Wildman–Crippen MR) is 124 cm³/mol. The molecule has 0 aliphatic carbocycles. The summed E-state index contributed by atoms with van der Waals surface area (Å²) in [5.41, 5.74) is 1.28. The summed E-state index contributed by atoms with van der Waals surface area (Å²) in [7, 11) is -4.11. The lowest BCUT2D eigenvalue weighted by atomic mass is 10.1. The first kappa shape index (κ1) is 24.6. The second kappa shape index (κ2) is 11.2. The Morgan fingerprint density at radius 3 is 2.36 bits per heavy atom. The van der Waals surface area contributed by atoms with Crippen molar-refractivity contribution < 1.29 is 22.4 Å². The van der Waals surface area contributed by atoms with Gasteiger partial charge in [-0.05, 0) is 36.6 Å². The van der Waals surface area contributed by atoms with Crippen LogP contribution in [0.15, 0.2) is 66.1 Å². The molecule has 0 unspecified atom stereocenters. The van der Waals surface area contributed by atoms with E-state index in [-0.39, 0.29) is 18.0 Å². The Morgan fingerprint density at radius 2 is 1.70 bits per heavy atom. The molecule has 1 aliphatic rings. The minimum absolute atomic E-state index is 0.0543. The normalized spacial score (nSPS) is 14.2. The molecule has 2 amide bonds. The third-order valence-electron chi connectivity index (χ3n) is 5.50. The Balaban J connectivity index is 1.55. The molecule has 33 heavy (non-hydrogen) atoms. The summed E-state index contributed by atoms with van der Waals surface area (Å²) in [6.07, 6.45) is 3.38. The van der Waals surface area contributed by atoms with Gasteiger partial charge in [0.1, 0.15) is 10.7 Å². The quantitative estimate of drug-likeness (QED) is 0.567. The van der Waals surface area contributed by atoms with Gasteiger partial charge in [0, 0.05) is 44.7 Å². The largest absolute Gasteiger partial charge is 0.339 e. The lowest BCUT2D eigenvalue weighted by molar-refractivity contribution is -0.132. The van der Waals surface area contributed by atoms with Crippen molar-refractivity contribution in [2.75, 3.05) is 32.7 Å². The minimum Gasteiger partial charge on any atom is -0.339 e. The monoisotopic (exact) mass is 473 g/mol. The first-order valence-electron chi connectivity index (χ1n) is 10.8. The molecule has 176 valence electrons. The van der Waals surface area contributed by atoms with Crippen LogP contribution in [0.2, 0.25) is 0 Å². The third kappa shape index (κ3) is 6.49. The number of rotatable bonds is 9. The molecule has 1 aliphatic heterocycles. The Bertz CT molecular complexity index is 1100. The summed E-state index contributed by atoms with van der Waals surface area (Å²) < 4.78 is 40.9. The van der Waals surface area contributed by atoms with Crippen molar-refractivity contribution in [2.45, 2.75) is 24.2 Å². The zero-order valence-corrected chi connectivity index (χ0v) is 19.2. The van der Waals surface area contributed by atoms with E-state index in [4.69, 9.17) is 0 Å². The van der Waals surface area contributed by atoms with Crippen molar-refractivity contribution in [2.24, 2.45) is 0 Å². The van der Waals surface area contributed by atoms with Crippen molar-refractivity contribution in [1.29, 1.82) is 0 Å². The molecule has 0 aromatic heterocycles. The first-order valence-corrected chi connectivity index (χ1v) is 12.3. The van der Waals surface area contributed by atoms with Crippen LogP contribution in [0.1, 0.15) is 28.8 Å². The van der Waals surface area contributed by atoms with Gasteiger partial charge in [-0.1, -0.05) is 36.4 Å². The second-order valence-electron chi connectivity index (χ2n) is 7.80. The van der Waals surface area contributed by atoms with Gasteiger partial charge in [-0.3, -0.25) is 9.59 Å². The summed E-state index contributed by atoms with van der Waals surface area (Å²) >= 11 is 0. The maximum Gasteiger partial charge on any atom is 0.254 e. The smallest absolute Gasteiger partial charge is 0.254 e. The van der Waals surface area contributed by atoms with Crippen LogP contribution in [0.25, 0.3) is 0 Å². The average Bonchev–Trinajstić information content (AvgIpc) is 2.83. The number of aryl methyl sites for hydroxylation is 1. The van der Waals surface area contributed by atoms with Crippen LogP contribution in [-0.4, -0.2) is 62.8 Å². The third-order valence-corrected chi connectivity index (χ3v) is 6.94. The van der Waals surface area contributed by atoms with Gasteiger partial charge < -0.3 is 9.80 Å². The maximum absolute atomic E-state index is 14.1. The summed E-state index contributed by atoms with van der Waals surface area (Å²) in [6, 6.07) is 13.3. The lowest BCUT2D eigenvalue weighted by Crippen LogP contribution is -2.50. The first-order chi connectivity index (χ1) is 15.8. The maximum atomic E-state index is 14.1. The number of sulfonamides is 1. The summed E-state index contributed by atoms with van der Waals surface area (Å²) in [4.78, 5) is 28.1. The van der Waals surface area contributed by atoms with Gasteiger partial charge in [0.25, 0.3) is 5.91 Å². The number of hydrogen-bond donors (Lipinski definition) is 1. The fourth-order valence-corrected chi connectivity index (χ4v) is 4.78. The highest BCUT2D eigenvalue weighted by Gasteiger charge is 2.26. The van der Waals surface area contributed by atoms with E-state index in [0.717, 1.165) is 25.0 Å². The van der Waals surface area contributed by atoms with Gasteiger partial charge in [0.15, 0.2) is 0 Å². The zero-order valence-electron chi connectivity index (χ0n) is 18.4. The standard InChI is InChI=1S/C24H28FN3O4S/c1-2-13-26-33(31,32)22-18-20(11-12-21(22)25)24(30)28-16-14-27(15-17-28)23(29)10-6-9-19-7-4-3-5-8-19/h2-5,7-8,11-12,18,26H,1,6,9-10,13-17H2. The van der Waals surface area contributed by atoms with E-state index >= 15 is 0 Å². The van der Waals surface area contributed by atoms with Gasteiger partial charge in [-0.15, -0.1) is 6.58 Å². The molecular formula is C24H28FN3O4S. The zero-order chi connectivity index (χ0) is 23.8. The Morgan fingerprint density at radius 1 is 1.03 bits per heavy atom. The van der Waals surface area contributed by atoms with Crippen molar-refractivity contribution in [3.8, 4) is 0 Å². The highest BCUT2D eigenvalue weighted by atomic mass is 32.2. The van der Waals surface area contributed by atoms with Crippen LogP contribution in [0, 0.1) is 5.82 Å². The number of carbonyl (C=O) groups is 2. The Labute approximate surface area is 193 Å². The number of halogens is 1. The van der Waals surface area contributed by atoms with E-state index in [2.05, 4.69) is 11.3 Å². The highest BCUT2D eigenvalue weighted by molar-refractivity contribution is 7.89. The van der Waals surface area contributed by atoms with E-state index in [1.54, 1.807) is 9.80 Å². The SMILES string of the molecule is C=CCNS(=O)(=O)c1cc(C(=O)N2CCN(C(=O)CCCc3ccccc3)CC2)ccc1F. The van der Waals surface area contributed by atoms with Crippen molar-refractivity contribution in [3.05, 3.63) is 78.1 Å². The fraction of sp³-hybridized carbons (Fsp3) is 0.333. The number of carbonyl (C=O) groups excluding carboxylic acids is 2. The summed E-state index contributed by atoms with van der Waals surface area (Å²) in [5, 5.41) is 0. The van der Waals surface area contributed by atoms with Gasteiger partial charge in [-0.25, -0.2) is 17.5 Å². The summed E-state index contributed by atoms with van der Waals surface area (Å²) in [5.74, 6) is -1.28. The molecule has 1 N–H and O–H groups in total. The molecule has 0 atom stereocenters. The van der Waals surface area contributed by atoms with Crippen LogP contribution in [0.5, 0.6) is 0 Å². The van der Waals surface area contributed by atoms with Crippen LogP contribution in [0.4, 0.5) is 4.39 Å². The van der Waals surface area contributed by atoms with Gasteiger partial charge in [0.05, 0.1) is 0 Å². The number of nitrogens with one attached hydrogen (secondary N) is 1. The highest BCUT2D eigenvalue weighted by Crippen LogP contribution is 2.19. The van der Waals surface area contributed by atoms with Crippen LogP contribution >= 0.6 is 0 Å². The lowest BCUT2D eigenvalue weighted by Gasteiger charge is -2.35. The van der Waals surface area contributed by atoms with E-state index in [1.807, 2.05) is 30.3 Å². The second-order valence-corrected chi connectivity index (χ2v) is 9.53. The number of benzene rings is 2. The predicted octanol–water partition coefficient (Wildman–Crippen LogP) is 2.60. The molecular weight excluding hydrogens is 445 g/mol. The molecule has 2 aromatic carbocycles. The van der Waals surface area contributed by atoms with Crippen molar-refractivity contribution >= 4 is 21.8 Å². The Kier molecular flexibility index (Phi) is 8.35. The van der Waals surface area contributed by atoms with Gasteiger partial charge in [0.2, 0.25) is 15.9 Å². The van der Waals surface area contributed by atoms with Crippen LogP contribution in [-0.2, 0) is 21.2 Å². The molecule has 0 bridgehead atoms. The molecule has 2 aromatic rings. The minimum atomic E-state index is -4.11. The Hall–Kier alpha value is -3.04. The number of piperazine rings is 1. The van der Waals surface area contributed by atoms with Crippen molar-refractivity contribution in [1.82, 2.24) is 14.5 Å². The van der Waals surface area contributed by atoms with E-state index < -0.39 is 26.6 Å². The van der Waals surface area contributed by atoms with E-state index in [1.165, 1.54) is 17.7 Å².